The first-order valence-corrected chi connectivity index (χ1v) is 32.8. The zero-order valence-electron chi connectivity index (χ0n) is 50.9. The third-order valence-corrected chi connectivity index (χ3v) is 26.9. The number of hydrogen-bond donors (Lipinski definition) is 6. The number of ketones is 3. The van der Waals surface area contributed by atoms with Gasteiger partial charge in [0, 0.05) is 92.1 Å². The molecule has 11 aliphatic rings. The predicted molar refractivity (Wildman–Crippen MR) is 315 cm³/mol. The number of aliphatic hydroxyl groups is 4. The van der Waals surface area contributed by atoms with Gasteiger partial charge in [-0.1, -0.05) is 78.9 Å². The molecule has 3 aromatic rings. The molecule has 6 saturated carbocycles. The molecule has 12 nitrogen and oxygen atoms in total. The minimum atomic E-state index is -1.05. The molecule has 0 amide bonds. The fourth-order valence-electron chi connectivity index (χ4n) is 23.2. The van der Waals surface area contributed by atoms with Gasteiger partial charge in [0.1, 0.15) is 17.7 Å². The average molecular weight is 1120 g/mol. The van der Waals surface area contributed by atoms with Crippen molar-refractivity contribution in [2.24, 2.45) is 55.7 Å². The van der Waals surface area contributed by atoms with E-state index in [-0.39, 0.29) is 34.9 Å². The van der Waals surface area contributed by atoms with Crippen LogP contribution in [0.15, 0.2) is 35.7 Å². The summed E-state index contributed by atoms with van der Waals surface area (Å²) in [6, 6.07) is 4.67. The average Bonchev–Trinajstić information content (AvgIpc) is 1.08. The lowest BCUT2D eigenvalue weighted by atomic mass is 9.26. The molecule has 14 unspecified atom stereocenters. The largest absolute Gasteiger partial charge is 0.393 e. The number of epoxide rings is 1. The summed E-state index contributed by atoms with van der Waals surface area (Å²) in [5.41, 5.74) is 4.59. The number of H-pyrrole nitrogens is 1. The fraction of sp³-hybridized carbons (Fsp3) is 0.757. The second-order valence-corrected chi connectivity index (χ2v) is 31.5. The van der Waals surface area contributed by atoms with Gasteiger partial charge in [-0.2, -0.15) is 0 Å². The Balaban J connectivity index is 0.988. The normalized spacial score (nSPS) is 41.5. The summed E-state index contributed by atoms with van der Waals surface area (Å²) in [6.07, 6.45) is 19.4. The third kappa shape index (κ3) is 7.73. The van der Waals surface area contributed by atoms with Crippen molar-refractivity contribution in [3.05, 3.63) is 69.1 Å². The highest BCUT2D eigenvalue weighted by Crippen LogP contribution is 2.84. The summed E-state index contributed by atoms with van der Waals surface area (Å²) >= 11 is 0. The monoisotopic (exact) mass is 1120 g/mol. The van der Waals surface area contributed by atoms with E-state index in [1.807, 2.05) is 20.9 Å². The van der Waals surface area contributed by atoms with Crippen LogP contribution in [0.5, 0.6) is 0 Å². The fourth-order valence-corrected chi connectivity index (χ4v) is 23.2. The maximum atomic E-state index is 16.1. The van der Waals surface area contributed by atoms with Gasteiger partial charge in [0.2, 0.25) is 0 Å². The first-order valence-electron chi connectivity index (χ1n) is 32.8. The van der Waals surface area contributed by atoms with Crippen LogP contribution in [-0.4, -0.2) is 104 Å². The number of fused-ring (bicyclic) bond motifs is 7. The Morgan fingerprint density at radius 3 is 2.27 bits per heavy atom. The van der Waals surface area contributed by atoms with Gasteiger partial charge in [0.05, 0.1) is 46.5 Å². The number of ether oxygens (including phenoxy) is 2. The van der Waals surface area contributed by atoms with Gasteiger partial charge < -0.3 is 44.8 Å². The first kappa shape index (κ1) is 56.3. The Hall–Kier alpha value is -3.49. The number of aromatic nitrogens is 2. The van der Waals surface area contributed by atoms with Gasteiger partial charge in [-0.15, -0.1) is 0 Å². The van der Waals surface area contributed by atoms with Crippen molar-refractivity contribution in [3.63, 3.8) is 0 Å². The Morgan fingerprint density at radius 1 is 0.854 bits per heavy atom. The van der Waals surface area contributed by atoms with Crippen LogP contribution >= 0.6 is 0 Å². The van der Waals surface area contributed by atoms with Crippen molar-refractivity contribution in [1.29, 1.82) is 0 Å². The highest BCUT2D eigenvalue weighted by Gasteiger charge is 2.81. The number of aromatic amines is 1. The van der Waals surface area contributed by atoms with E-state index in [0.29, 0.717) is 115 Å². The van der Waals surface area contributed by atoms with Gasteiger partial charge in [-0.3, -0.25) is 14.4 Å². The molecule has 0 bridgehead atoms. The van der Waals surface area contributed by atoms with Crippen LogP contribution in [0, 0.1) is 55.7 Å². The van der Waals surface area contributed by atoms with Gasteiger partial charge >= 0.3 is 0 Å². The first-order chi connectivity index (χ1) is 38.9. The van der Waals surface area contributed by atoms with Crippen molar-refractivity contribution >= 4 is 28.4 Å². The van der Waals surface area contributed by atoms with Crippen molar-refractivity contribution in [2.45, 2.75) is 250 Å². The molecular formula is C70H97N3O9. The molecule has 2 aromatic heterocycles. The number of nitrogens with one attached hydrogen (secondary N) is 2. The number of benzene rings is 1. The lowest BCUT2D eigenvalue weighted by Crippen LogP contribution is -2.76. The molecule has 14 rings (SSSR count). The van der Waals surface area contributed by atoms with E-state index in [2.05, 4.69) is 74.0 Å². The number of rotatable bonds is 9. The summed E-state index contributed by atoms with van der Waals surface area (Å²) in [7, 11) is 1.99. The van der Waals surface area contributed by atoms with Crippen molar-refractivity contribution in [2.75, 3.05) is 26.8 Å². The van der Waals surface area contributed by atoms with E-state index in [1.54, 1.807) is 0 Å². The minimum Gasteiger partial charge on any atom is -0.393 e. The Bertz CT molecular complexity index is 3150. The van der Waals surface area contributed by atoms with E-state index in [1.165, 1.54) is 24.8 Å². The molecule has 8 aliphatic carbocycles. The van der Waals surface area contributed by atoms with E-state index < -0.39 is 73.8 Å². The molecule has 0 radical (unpaired) electrons. The van der Waals surface area contributed by atoms with Gasteiger partial charge in [0.15, 0.2) is 5.78 Å². The van der Waals surface area contributed by atoms with Gasteiger partial charge in [-0.05, 0) is 189 Å². The molecular weight excluding hydrogens is 1030 g/mol. The molecule has 82 heavy (non-hydrogen) atoms. The highest BCUT2D eigenvalue weighted by atomic mass is 16.6. The zero-order valence-corrected chi connectivity index (χ0v) is 50.9. The van der Waals surface area contributed by atoms with E-state index in [4.69, 9.17) is 9.47 Å². The topological polar surface area (TPSA) is 187 Å². The molecule has 6 N–H and O–H groups in total. The quantitative estimate of drug-likeness (QED) is 0.113. The summed E-state index contributed by atoms with van der Waals surface area (Å²) < 4.78 is 14.4. The highest BCUT2D eigenvalue weighted by molar-refractivity contribution is 6.02. The van der Waals surface area contributed by atoms with Crippen molar-refractivity contribution in [3.8, 4) is 0 Å². The molecule has 12 heteroatoms. The Morgan fingerprint density at radius 2 is 1.59 bits per heavy atom. The van der Waals surface area contributed by atoms with E-state index in [0.717, 1.165) is 101 Å². The Kier molecular flexibility index (Phi) is 13.1. The smallest absolute Gasteiger partial charge is 0.160 e. The standard InChI is InChI=1S/C70H97N3O9/c1-62(2)60(82-62)51(77)33-63(3)22-18-41-36-72-56-46(53-45-30-42(40-14-10-9-11-15-40)31-48(44(45)16-17-49(53)75)70(80)25-28-81-29-26-70)37-73(57(41)56)38-47-54-55(63)50(76)34-65(54,5)66(6)39-68(20-12-13-21-68)61-64(4,24-27-71-8)52(78)35-69(23-19-43(74)32-69)67(61,7)59(66)58(47)79/h30-31,36-37,40,43,47,51,53,58-61,71-72,74,77,79-80H,9-29,32-35,38-39H2,1-8H3. The zero-order chi connectivity index (χ0) is 57.5. The maximum Gasteiger partial charge on any atom is 0.160 e. The number of Topliss-reactive ketones (excluding diaryl/α,β-unsaturated/α-hetero) is 3. The molecule has 3 aliphatic heterocycles. The number of carbonyl (C=O) groups is 3. The van der Waals surface area contributed by atoms with E-state index in [9.17, 15) is 20.4 Å². The second-order valence-electron chi connectivity index (χ2n) is 31.5. The lowest BCUT2D eigenvalue weighted by Gasteiger charge is -2.78. The number of allylic oxidation sites excluding steroid dienone is 1. The van der Waals surface area contributed by atoms with Crippen LogP contribution in [0.2, 0.25) is 0 Å². The number of carbonyl (C=O) groups excluding carboxylic acids is 3. The summed E-state index contributed by atoms with van der Waals surface area (Å²) in [5, 5.41) is 55.2. The van der Waals surface area contributed by atoms with Crippen LogP contribution in [0.1, 0.15) is 229 Å². The van der Waals surface area contributed by atoms with Gasteiger partial charge in [0.25, 0.3) is 0 Å². The summed E-state index contributed by atoms with van der Waals surface area (Å²) in [6.45, 7) is 18.0. The van der Waals surface area contributed by atoms with Crippen LogP contribution in [-0.2, 0) is 48.8 Å². The molecule has 446 valence electrons. The van der Waals surface area contributed by atoms with Crippen LogP contribution in [0.4, 0.5) is 0 Å². The molecule has 2 spiro atoms. The molecule has 5 heterocycles. The second kappa shape index (κ2) is 19.0. The van der Waals surface area contributed by atoms with Gasteiger partial charge in [-0.25, -0.2) is 0 Å². The third-order valence-electron chi connectivity index (χ3n) is 26.9. The number of hydrogen-bond acceptors (Lipinski definition) is 10. The van der Waals surface area contributed by atoms with E-state index >= 15 is 14.4 Å². The maximum absolute atomic E-state index is 16.1. The number of aliphatic hydroxyl groups excluding tert-OH is 3. The number of nitrogens with zero attached hydrogens (tertiary/aromatic N) is 1. The van der Waals surface area contributed by atoms with Crippen molar-refractivity contribution < 1.29 is 44.3 Å². The molecule has 1 aromatic carbocycles. The predicted octanol–water partition coefficient (Wildman–Crippen LogP) is 11.1. The SMILES string of the molecule is CNCCC1(C)C(=O)CC2(CCC(O)C2)C2(C)C1C1(CCCC1)CC1(C)C2C(O)C2Cn3cc(C4C(=O)CCc5c4cc(C4CCCCC4)cc5C4(O)CCOCC4)c4[nH]cc(c43)CCC(C)(CC(O)C3OC3(C)C)C3=C2C1(C)CC3=O. The minimum absolute atomic E-state index is 0.0451. The molecule has 8 fully saturated rings. The number of aryl methyl sites for hydroxylation is 1. The lowest BCUT2D eigenvalue weighted by molar-refractivity contribution is -0.300. The van der Waals surface area contributed by atoms with Crippen LogP contribution < -0.4 is 5.32 Å². The molecule has 14 atom stereocenters. The van der Waals surface area contributed by atoms with Crippen LogP contribution in [0.3, 0.4) is 0 Å². The summed E-state index contributed by atoms with van der Waals surface area (Å²) in [5.74, 6) is -0.488. The summed E-state index contributed by atoms with van der Waals surface area (Å²) in [4.78, 5) is 50.7. The van der Waals surface area contributed by atoms with Crippen LogP contribution in [0.25, 0.3) is 11.0 Å². The molecule has 2 saturated heterocycles. The Labute approximate surface area is 487 Å². The van der Waals surface area contributed by atoms with Crippen molar-refractivity contribution in [1.82, 2.24) is 14.9 Å².